The number of hydrogen-bond donors (Lipinski definition) is 2. The minimum Gasteiger partial charge on any atom is -0.378 e. The van der Waals surface area contributed by atoms with Gasteiger partial charge in [-0.1, -0.05) is 11.6 Å². The summed E-state index contributed by atoms with van der Waals surface area (Å²) in [6.45, 7) is -0.00551. The van der Waals surface area contributed by atoms with Crippen LogP contribution in [0, 0.1) is 11.6 Å². The zero-order valence-electron chi connectivity index (χ0n) is 9.01. The van der Waals surface area contributed by atoms with E-state index >= 15 is 0 Å². The van der Waals surface area contributed by atoms with Gasteiger partial charge in [0.05, 0.1) is 11.9 Å². The van der Waals surface area contributed by atoms with Crippen LogP contribution < -0.4 is 10.9 Å². The van der Waals surface area contributed by atoms with Gasteiger partial charge in [-0.15, -0.1) is 0 Å². The first-order valence-corrected chi connectivity index (χ1v) is 5.36. The molecule has 0 radical (unpaired) electrons. The lowest BCUT2D eigenvalue weighted by Gasteiger charge is -2.08. The predicted molar refractivity (Wildman–Crippen MR) is 63.6 cm³/mol. The van der Waals surface area contributed by atoms with Crippen LogP contribution in [0.3, 0.4) is 0 Å². The van der Waals surface area contributed by atoms with Gasteiger partial charge >= 0.3 is 0 Å². The fraction of sp³-hybridized carbons (Fsp3) is 0.0909. The van der Waals surface area contributed by atoms with Crippen LogP contribution in [0.1, 0.15) is 5.56 Å². The second kappa shape index (κ2) is 5.14. The normalized spacial score (nSPS) is 10.4. The Bertz CT molecular complexity index is 630. The quantitative estimate of drug-likeness (QED) is 0.901. The van der Waals surface area contributed by atoms with Crippen molar-refractivity contribution in [3.63, 3.8) is 0 Å². The van der Waals surface area contributed by atoms with Crippen LogP contribution in [-0.4, -0.2) is 10.2 Å². The molecule has 0 atom stereocenters. The topological polar surface area (TPSA) is 57.8 Å². The monoisotopic (exact) mass is 271 g/mol. The Balaban J connectivity index is 2.19. The van der Waals surface area contributed by atoms with Crippen LogP contribution in [0.2, 0.25) is 5.02 Å². The van der Waals surface area contributed by atoms with Gasteiger partial charge in [-0.2, -0.15) is 5.10 Å². The molecule has 94 valence electrons. The summed E-state index contributed by atoms with van der Waals surface area (Å²) in [5.41, 5.74) is -0.170. The first kappa shape index (κ1) is 12.5. The minimum atomic E-state index is -0.554. The van der Waals surface area contributed by atoms with Crippen LogP contribution in [-0.2, 0) is 6.54 Å². The summed E-state index contributed by atoms with van der Waals surface area (Å²) in [6.07, 6.45) is 1.29. The van der Waals surface area contributed by atoms with Crippen molar-refractivity contribution in [1.82, 2.24) is 10.2 Å². The molecule has 0 aliphatic heterocycles. The van der Waals surface area contributed by atoms with Gasteiger partial charge in [-0.3, -0.25) is 4.79 Å². The first-order chi connectivity index (χ1) is 8.58. The Morgan fingerprint density at radius 2 is 2.17 bits per heavy atom. The molecule has 0 spiro atoms. The molecule has 1 aromatic carbocycles. The average molecular weight is 272 g/mol. The fourth-order valence-corrected chi connectivity index (χ4v) is 1.53. The molecule has 1 aromatic heterocycles. The number of aromatic nitrogens is 2. The van der Waals surface area contributed by atoms with E-state index in [0.29, 0.717) is 0 Å². The molecule has 7 heteroatoms. The molecular weight excluding hydrogens is 264 g/mol. The highest BCUT2D eigenvalue weighted by Gasteiger charge is 2.07. The van der Waals surface area contributed by atoms with Crippen LogP contribution in [0.5, 0.6) is 0 Å². The molecule has 0 bridgehead atoms. The maximum atomic E-state index is 13.3. The van der Waals surface area contributed by atoms with Gasteiger partial charge in [0.15, 0.2) is 0 Å². The summed E-state index contributed by atoms with van der Waals surface area (Å²) in [4.78, 5) is 11.1. The third-order valence-corrected chi connectivity index (χ3v) is 2.65. The summed E-state index contributed by atoms with van der Waals surface area (Å²) in [5.74, 6) is -1.08. The Morgan fingerprint density at radius 3 is 2.94 bits per heavy atom. The summed E-state index contributed by atoms with van der Waals surface area (Å²) in [6, 6.07) is 3.13. The van der Waals surface area contributed by atoms with Gasteiger partial charge in [0, 0.05) is 12.1 Å². The molecule has 0 amide bonds. The molecule has 0 saturated heterocycles. The van der Waals surface area contributed by atoms with Crippen molar-refractivity contribution >= 4 is 17.3 Å². The van der Waals surface area contributed by atoms with Gasteiger partial charge in [0.2, 0.25) is 0 Å². The Kier molecular flexibility index (Phi) is 3.57. The lowest BCUT2D eigenvalue weighted by Crippen LogP contribution is -2.12. The lowest BCUT2D eigenvalue weighted by atomic mass is 10.2. The van der Waals surface area contributed by atoms with E-state index in [-0.39, 0.29) is 22.8 Å². The van der Waals surface area contributed by atoms with Crippen molar-refractivity contribution in [3.05, 3.63) is 57.0 Å². The zero-order chi connectivity index (χ0) is 13.1. The number of nitrogens with zero attached hydrogens (tertiary/aromatic N) is 1. The number of hydrogen-bond acceptors (Lipinski definition) is 3. The Morgan fingerprint density at radius 1 is 1.39 bits per heavy atom. The van der Waals surface area contributed by atoms with E-state index in [0.717, 1.165) is 18.2 Å². The van der Waals surface area contributed by atoms with Gasteiger partial charge in [-0.25, -0.2) is 13.9 Å². The molecule has 0 saturated carbocycles. The lowest BCUT2D eigenvalue weighted by molar-refractivity contribution is 0.587. The fourth-order valence-electron chi connectivity index (χ4n) is 1.38. The number of aromatic amines is 1. The van der Waals surface area contributed by atoms with Crippen molar-refractivity contribution < 1.29 is 8.78 Å². The number of benzene rings is 1. The van der Waals surface area contributed by atoms with Crippen molar-refractivity contribution in [3.8, 4) is 0 Å². The summed E-state index contributed by atoms with van der Waals surface area (Å²) < 4.78 is 26.3. The number of nitrogens with one attached hydrogen (secondary N) is 2. The molecule has 0 fully saturated rings. The Labute approximate surface area is 106 Å². The van der Waals surface area contributed by atoms with Crippen LogP contribution >= 0.6 is 11.6 Å². The van der Waals surface area contributed by atoms with Gasteiger partial charge in [0.25, 0.3) is 5.56 Å². The van der Waals surface area contributed by atoms with E-state index in [9.17, 15) is 13.6 Å². The second-order valence-electron chi connectivity index (χ2n) is 3.52. The predicted octanol–water partition coefficient (Wildman–Crippen LogP) is 2.31. The molecule has 0 aliphatic carbocycles. The number of rotatable bonds is 3. The molecular formula is C11H8ClF2N3O. The molecule has 0 aliphatic rings. The smallest absolute Gasteiger partial charge is 0.285 e. The SMILES string of the molecule is O=c1[nH]ncc(NCc2cc(F)ccc2F)c1Cl. The third kappa shape index (κ3) is 2.65. The van der Waals surface area contributed by atoms with Crippen molar-refractivity contribution in [2.24, 2.45) is 0 Å². The standard InChI is InChI=1S/C11H8ClF2N3O/c12-10-9(5-16-17-11(10)18)15-4-6-3-7(13)1-2-8(6)14/h1-3,5H,4H2,(H2,15,17,18). The van der Waals surface area contributed by atoms with E-state index < -0.39 is 17.2 Å². The maximum absolute atomic E-state index is 13.3. The van der Waals surface area contributed by atoms with Crippen molar-refractivity contribution in [2.45, 2.75) is 6.54 Å². The van der Waals surface area contributed by atoms with E-state index in [1.165, 1.54) is 6.20 Å². The second-order valence-corrected chi connectivity index (χ2v) is 3.89. The summed E-state index contributed by atoms with van der Waals surface area (Å²) in [5, 5.41) is 8.33. The van der Waals surface area contributed by atoms with Crippen LogP contribution in [0.4, 0.5) is 14.5 Å². The highest BCUT2D eigenvalue weighted by Crippen LogP contribution is 2.17. The molecule has 2 aromatic rings. The Hall–Kier alpha value is -1.95. The number of anilines is 1. The zero-order valence-corrected chi connectivity index (χ0v) is 9.76. The molecule has 4 nitrogen and oxygen atoms in total. The number of halogens is 3. The van der Waals surface area contributed by atoms with E-state index in [2.05, 4.69) is 15.5 Å². The maximum Gasteiger partial charge on any atom is 0.285 e. The number of H-pyrrole nitrogens is 1. The largest absolute Gasteiger partial charge is 0.378 e. The third-order valence-electron chi connectivity index (χ3n) is 2.27. The molecule has 2 N–H and O–H groups in total. The molecule has 1 heterocycles. The van der Waals surface area contributed by atoms with Gasteiger partial charge in [0.1, 0.15) is 16.7 Å². The van der Waals surface area contributed by atoms with Crippen LogP contribution in [0.25, 0.3) is 0 Å². The highest BCUT2D eigenvalue weighted by molar-refractivity contribution is 6.32. The van der Waals surface area contributed by atoms with E-state index in [4.69, 9.17) is 11.6 Å². The minimum absolute atomic E-state index is 0.00551. The summed E-state index contributed by atoms with van der Waals surface area (Å²) in [7, 11) is 0. The molecule has 0 unspecified atom stereocenters. The van der Waals surface area contributed by atoms with Gasteiger partial charge in [-0.05, 0) is 18.2 Å². The van der Waals surface area contributed by atoms with Gasteiger partial charge < -0.3 is 5.32 Å². The highest BCUT2D eigenvalue weighted by atomic mass is 35.5. The molecule has 18 heavy (non-hydrogen) atoms. The van der Waals surface area contributed by atoms with E-state index in [1.54, 1.807) is 0 Å². The first-order valence-electron chi connectivity index (χ1n) is 4.99. The average Bonchev–Trinajstić information content (AvgIpc) is 2.35. The van der Waals surface area contributed by atoms with Crippen molar-refractivity contribution in [2.75, 3.05) is 5.32 Å². The van der Waals surface area contributed by atoms with E-state index in [1.807, 2.05) is 0 Å². The summed E-state index contributed by atoms with van der Waals surface area (Å²) >= 11 is 5.72. The van der Waals surface area contributed by atoms with Crippen LogP contribution in [0.15, 0.2) is 29.2 Å². The van der Waals surface area contributed by atoms with Crippen molar-refractivity contribution in [1.29, 1.82) is 0 Å². The molecule has 2 rings (SSSR count).